The van der Waals surface area contributed by atoms with Crippen molar-refractivity contribution in [2.24, 2.45) is 5.92 Å². The van der Waals surface area contributed by atoms with Crippen LogP contribution in [0.15, 0.2) is 0 Å². The first-order chi connectivity index (χ1) is 9.88. The molecule has 2 aliphatic heterocycles. The molecule has 0 aromatic heterocycles. The molecule has 2 unspecified atom stereocenters. The van der Waals surface area contributed by atoms with E-state index in [1.807, 2.05) is 4.90 Å². The zero-order valence-corrected chi connectivity index (χ0v) is 13.4. The van der Waals surface area contributed by atoms with Crippen molar-refractivity contribution in [1.82, 2.24) is 10.2 Å². The Bertz CT molecular complexity index is 392. The lowest BCUT2D eigenvalue weighted by Crippen LogP contribution is -2.56. The van der Waals surface area contributed by atoms with E-state index in [0.717, 1.165) is 38.5 Å². The van der Waals surface area contributed by atoms with Crippen molar-refractivity contribution in [2.45, 2.75) is 83.3 Å². The number of nitrogens with one attached hydrogen (secondary N) is 1. The van der Waals surface area contributed by atoms with E-state index in [9.17, 15) is 9.59 Å². The highest BCUT2D eigenvalue weighted by atomic mass is 16.4. The first-order valence-electron chi connectivity index (χ1n) is 8.20. The molecule has 2 fully saturated rings. The highest BCUT2D eigenvalue weighted by Crippen LogP contribution is 2.40. The zero-order valence-electron chi connectivity index (χ0n) is 13.4. The summed E-state index contributed by atoms with van der Waals surface area (Å²) in [6.45, 7) is 6.28. The second-order valence-corrected chi connectivity index (χ2v) is 6.93. The Hall–Kier alpha value is -1.26. The monoisotopic (exact) mass is 296 g/mol. The van der Waals surface area contributed by atoms with Crippen molar-refractivity contribution in [2.75, 3.05) is 0 Å². The fraction of sp³-hybridized carbons (Fsp3) is 0.875. The molecule has 0 aromatic carbocycles. The molecule has 2 atom stereocenters. The largest absolute Gasteiger partial charge is 0.481 e. The SMILES string of the molecule is CCC(C)(CC)NC(=O)N1C2CCC1CC(CC(=O)O)C2. The predicted molar refractivity (Wildman–Crippen MR) is 81.1 cm³/mol. The van der Waals surface area contributed by atoms with Crippen LogP contribution in [0, 0.1) is 5.92 Å². The molecule has 2 amide bonds. The Balaban J connectivity index is 1.99. The summed E-state index contributed by atoms with van der Waals surface area (Å²) < 4.78 is 0. The molecule has 2 saturated heterocycles. The van der Waals surface area contributed by atoms with Gasteiger partial charge >= 0.3 is 12.0 Å². The summed E-state index contributed by atoms with van der Waals surface area (Å²) in [6.07, 6.45) is 5.78. The van der Waals surface area contributed by atoms with Gasteiger partial charge in [0.25, 0.3) is 0 Å². The van der Waals surface area contributed by atoms with Crippen molar-refractivity contribution >= 4 is 12.0 Å². The quantitative estimate of drug-likeness (QED) is 0.819. The highest BCUT2D eigenvalue weighted by molar-refractivity contribution is 5.76. The first kappa shape index (κ1) is 16.1. The molecule has 5 nitrogen and oxygen atoms in total. The van der Waals surface area contributed by atoms with Crippen LogP contribution in [0.25, 0.3) is 0 Å². The van der Waals surface area contributed by atoms with Gasteiger partial charge in [0.2, 0.25) is 0 Å². The minimum Gasteiger partial charge on any atom is -0.481 e. The van der Waals surface area contributed by atoms with Gasteiger partial charge in [-0.2, -0.15) is 0 Å². The lowest BCUT2D eigenvalue weighted by molar-refractivity contribution is -0.138. The minimum absolute atomic E-state index is 0.0440. The van der Waals surface area contributed by atoms with Crippen molar-refractivity contribution in [3.8, 4) is 0 Å². The average molecular weight is 296 g/mol. The fourth-order valence-corrected chi connectivity index (χ4v) is 3.78. The number of hydrogen-bond acceptors (Lipinski definition) is 2. The van der Waals surface area contributed by atoms with E-state index in [4.69, 9.17) is 5.11 Å². The van der Waals surface area contributed by atoms with Crippen LogP contribution in [0.3, 0.4) is 0 Å². The first-order valence-corrected chi connectivity index (χ1v) is 8.20. The summed E-state index contributed by atoms with van der Waals surface area (Å²) in [4.78, 5) is 25.5. The summed E-state index contributed by atoms with van der Waals surface area (Å²) in [6, 6.07) is 0.500. The second kappa shape index (κ2) is 6.24. The zero-order chi connectivity index (χ0) is 15.6. The van der Waals surface area contributed by atoms with Crippen LogP contribution in [-0.4, -0.2) is 39.6 Å². The summed E-state index contributed by atoms with van der Waals surface area (Å²) in [7, 11) is 0. The third kappa shape index (κ3) is 3.50. The van der Waals surface area contributed by atoms with E-state index >= 15 is 0 Å². The number of carbonyl (C=O) groups is 2. The second-order valence-electron chi connectivity index (χ2n) is 6.93. The van der Waals surface area contributed by atoms with Crippen molar-refractivity contribution in [3.63, 3.8) is 0 Å². The fourth-order valence-electron chi connectivity index (χ4n) is 3.78. The molecule has 5 heteroatoms. The molecule has 2 heterocycles. The lowest BCUT2D eigenvalue weighted by Gasteiger charge is -2.41. The molecule has 2 N–H and O–H groups in total. The van der Waals surface area contributed by atoms with Gasteiger partial charge in [0.05, 0.1) is 0 Å². The van der Waals surface area contributed by atoms with Gasteiger partial charge in [0.15, 0.2) is 0 Å². The van der Waals surface area contributed by atoms with Gasteiger partial charge in [0.1, 0.15) is 0 Å². The van der Waals surface area contributed by atoms with Crippen LogP contribution in [0.2, 0.25) is 0 Å². The number of aliphatic carboxylic acids is 1. The number of hydrogen-bond donors (Lipinski definition) is 2. The van der Waals surface area contributed by atoms with Crippen LogP contribution < -0.4 is 5.32 Å². The van der Waals surface area contributed by atoms with Crippen molar-refractivity contribution in [3.05, 3.63) is 0 Å². The molecule has 2 rings (SSSR count). The maximum absolute atomic E-state index is 12.6. The van der Waals surface area contributed by atoms with Gasteiger partial charge in [-0.25, -0.2) is 4.79 Å². The lowest BCUT2D eigenvalue weighted by atomic mass is 9.88. The van der Waals surface area contributed by atoms with Gasteiger partial charge in [-0.3, -0.25) is 4.79 Å². The molecule has 0 radical (unpaired) electrons. The average Bonchev–Trinajstić information content (AvgIpc) is 2.70. The molecule has 2 bridgehead atoms. The van der Waals surface area contributed by atoms with Crippen LogP contribution in [0.4, 0.5) is 4.79 Å². The number of urea groups is 1. The van der Waals surface area contributed by atoms with Crippen LogP contribution in [0.5, 0.6) is 0 Å². The molecule has 21 heavy (non-hydrogen) atoms. The van der Waals surface area contributed by atoms with Crippen molar-refractivity contribution in [1.29, 1.82) is 0 Å². The van der Waals surface area contributed by atoms with Gasteiger partial charge in [0, 0.05) is 24.0 Å². The Morgan fingerprint density at radius 1 is 1.19 bits per heavy atom. The Morgan fingerprint density at radius 3 is 2.14 bits per heavy atom. The Kier molecular flexibility index (Phi) is 4.79. The van der Waals surface area contributed by atoms with Crippen LogP contribution >= 0.6 is 0 Å². The predicted octanol–water partition coefficient (Wildman–Crippen LogP) is 2.99. The molecular weight excluding hydrogens is 268 g/mol. The molecule has 120 valence electrons. The van der Waals surface area contributed by atoms with E-state index in [1.165, 1.54) is 0 Å². The third-order valence-corrected chi connectivity index (χ3v) is 5.50. The van der Waals surface area contributed by atoms with E-state index in [1.54, 1.807) is 0 Å². The van der Waals surface area contributed by atoms with Gasteiger partial charge in [-0.1, -0.05) is 13.8 Å². The summed E-state index contributed by atoms with van der Waals surface area (Å²) in [5.41, 5.74) is -0.144. The number of nitrogens with zero attached hydrogens (tertiary/aromatic N) is 1. The van der Waals surface area contributed by atoms with E-state index < -0.39 is 5.97 Å². The van der Waals surface area contributed by atoms with E-state index in [0.29, 0.717) is 0 Å². The highest BCUT2D eigenvalue weighted by Gasteiger charge is 2.44. The number of carboxylic acid groups (broad SMARTS) is 1. The number of piperidine rings is 1. The molecule has 0 aliphatic carbocycles. The van der Waals surface area contributed by atoms with Gasteiger partial charge < -0.3 is 15.3 Å². The maximum Gasteiger partial charge on any atom is 0.318 e. The smallest absolute Gasteiger partial charge is 0.318 e. The summed E-state index contributed by atoms with van der Waals surface area (Å²) in [5.74, 6) is -0.491. The molecule has 0 saturated carbocycles. The molecule has 0 spiro atoms. The Morgan fingerprint density at radius 2 is 1.71 bits per heavy atom. The number of fused-ring (bicyclic) bond motifs is 2. The normalized spacial score (nSPS) is 28.5. The van der Waals surface area contributed by atoms with Gasteiger partial charge in [-0.05, 0) is 51.4 Å². The summed E-state index contributed by atoms with van der Waals surface area (Å²) >= 11 is 0. The number of carbonyl (C=O) groups excluding carboxylic acids is 1. The number of carboxylic acids is 1. The van der Waals surface area contributed by atoms with E-state index in [2.05, 4.69) is 26.1 Å². The van der Waals surface area contributed by atoms with Crippen LogP contribution in [-0.2, 0) is 4.79 Å². The van der Waals surface area contributed by atoms with E-state index in [-0.39, 0.29) is 36.0 Å². The standard InChI is InChI=1S/C16H28N2O3/c1-4-16(3,5-2)17-15(21)18-12-6-7-13(18)9-11(8-12)10-14(19)20/h11-13H,4-10H2,1-3H3,(H,17,21)(H,19,20). The Labute approximate surface area is 127 Å². The van der Waals surface area contributed by atoms with Crippen molar-refractivity contribution < 1.29 is 14.7 Å². The molecule has 0 aromatic rings. The van der Waals surface area contributed by atoms with Crippen LogP contribution in [0.1, 0.15) is 65.7 Å². The third-order valence-electron chi connectivity index (χ3n) is 5.50. The number of rotatable bonds is 5. The minimum atomic E-state index is -0.721. The molecular formula is C16H28N2O3. The van der Waals surface area contributed by atoms with Gasteiger partial charge in [-0.15, -0.1) is 0 Å². The number of amides is 2. The topological polar surface area (TPSA) is 69.6 Å². The maximum atomic E-state index is 12.6. The molecule has 2 aliphatic rings. The summed E-state index contributed by atoms with van der Waals surface area (Å²) in [5, 5.41) is 12.1.